The first kappa shape index (κ1) is 14.8. The van der Waals surface area contributed by atoms with Gasteiger partial charge < -0.3 is 5.32 Å². The van der Waals surface area contributed by atoms with Crippen LogP contribution >= 0.6 is 23.2 Å². The minimum Gasteiger partial charge on any atom is -0.348 e. The van der Waals surface area contributed by atoms with Crippen LogP contribution in [0.25, 0.3) is 0 Å². The number of nitrogens with one attached hydrogen (secondary N) is 1. The zero-order valence-electron chi connectivity index (χ0n) is 10.6. The molecular formula is C14H11Cl2FN2O. The maximum atomic E-state index is 13.4. The second-order valence-corrected chi connectivity index (χ2v) is 5.03. The molecule has 2 rings (SSSR count). The maximum Gasteiger partial charge on any atom is 0.253 e. The standard InChI is InChI=1S/C14H11Cl2FN2O/c1-8-2-3-9(4-12(8)17)6-19-14(20)10-5-11(15)13(16)18-7-10/h2-5,7H,6H2,1H3,(H,19,20). The number of hydrogen-bond acceptors (Lipinski definition) is 2. The number of halogens is 3. The Labute approximate surface area is 125 Å². The third kappa shape index (κ3) is 3.46. The Kier molecular flexibility index (Phi) is 4.57. The Morgan fingerprint density at radius 2 is 2.10 bits per heavy atom. The Morgan fingerprint density at radius 1 is 1.35 bits per heavy atom. The van der Waals surface area contributed by atoms with E-state index < -0.39 is 0 Å². The molecule has 1 aromatic carbocycles. The molecule has 20 heavy (non-hydrogen) atoms. The van der Waals surface area contributed by atoms with Crippen LogP contribution < -0.4 is 5.32 Å². The number of aromatic nitrogens is 1. The molecule has 1 heterocycles. The van der Waals surface area contributed by atoms with Gasteiger partial charge in [-0.15, -0.1) is 0 Å². The molecule has 0 unspecified atom stereocenters. The largest absolute Gasteiger partial charge is 0.348 e. The zero-order chi connectivity index (χ0) is 14.7. The second kappa shape index (κ2) is 6.20. The van der Waals surface area contributed by atoms with Crippen LogP contribution in [-0.4, -0.2) is 10.9 Å². The second-order valence-electron chi connectivity index (χ2n) is 4.26. The van der Waals surface area contributed by atoms with E-state index in [-0.39, 0.29) is 28.4 Å². The molecule has 0 aliphatic rings. The van der Waals surface area contributed by atoms with Gasteiger partial charge in [0, 0.05) is 12.7 Å². The lowest BCUT2D eigenvalue weighted by Crippen LogP contribution is -2.23. The molecule has 0 radical (unpaired) electrons. The fraction of sp³-hybridized carbons (Fsp3) is 0.143. The highest BCUT2D eigenvalue weighted by molar-refractivity contribution is 6.41. The Balaban J connectivity index is 2.04. The lowest BCUT2D eigenvalue weighted by molar-refractivity contribution is 0.0950. The molecule has 0 aliphatic carbocycles. The first-order valence-corrected chi connectivity index (χ1v) is 6.57. The van der Waals surface area contributed by atoms with Gasteiger partial charge in [0.15, 0.2) is 0 Å². The predicted octanol–water partition coefficient (Wildman–Crippen LogP) is 3.77. The van der Waals surface area contributed by atoms with E-state index in [1.54, 1.807) is 19.1 Å². The van der Waals surface area contributed by atoms with Crippen molar-refractivity contribution >= 4 is 29.1 Å². The number of hydrogen-bond donors (Lipinski definition) is 1. The first-order chi connectivity index (χ1) is 9.47. The molecule has 3 nitrogen and oxygen atoms in total. The highest BCUT2D eigenvalue weighted by Crippen LogP contribution is 2.19. The van der Waals surface area contributed by atoms with Crippen molar-refractivity contribution in [2.24, 2.45) is 0 Å². The molecule has 0 bridgehead atoms. The molecule has 0 aliphatic heterocycles. The smallest absolute Gasteiger partial charge is 0.253 e. The quantitative estimate of drug-likeness (QED) is 0.877. The SMILES string of the molecule is Cc1ccc(CNC(=O)c2cnc(Cl)c(Cl)c2)cc1F. The molecule has 0 fully saturated rings. The molecule has 6 heteroatoms. The molecule has 0 atom stereocenters. The van der Waals surface area contributed by atoms with Gasteiger partial charge in [0.25, 0.3) is 5.91 Å². The summed E-state index contributed by atoms with van der Waals surface area (Å²) in [5.41, 5.74) is 1.54. The molecule has 0 saturated heterocycles. The number of carbonyl (C=O) groups excluding carboxylic acids is 1. The molecular weight excluding hydrogens is 302 g/mol. The predicted molar refractivity (Wildman–Crippen MR) is 76.6 cm³/mol. The molecule has 1 aromatic heterocycles. The van der Waals surface area contributed by atoms with Gasteiger partial charge in [-0.05, 0) is 30.2 Å². The van der Waals surface area contributed by atoms with Crippen molar-refractivity contribution in [2.45, 2.75) is 13.5 Å². The van der Waals surface area contributed by atoms with Gasteiger partial charge in [-0.25, -0.2) is 9.37 Å². The third-order valence-corrected chi connectivity index (χ3v) is 3.43. The minimum absolute atomic E-state index is 0.142. The van der Waals surface area contributed by atoms with Crippen molar-refractivity contribution in [1.29, 1.82) is 0 Å². The number of pyridine rings is 1. The van der Waals surface area contributed by atoms with Gasteiger partial charge in [0.05, 0.1) is 10.6 Å². The van der Waals surface area contributed by atoms with Gasteiger partial charge in [-0.1, -0.05) is 35.3 Å². The van der Waals surface area contributed by atoms with Crippen molar-refractivity contribution in [3.8, 4) is 0 Å². The van der Waals surface area contributed by atoms with E-state index >= 15 is 0 Å². The zero-order valence-corrected chi connectivity index (χ0v) is 12.1. The molecule has 0 spiro atoms. The summed E-state index contributed by atoms with van der Waals surface area (Å²) < 4.78 is 13.4. The highest BCUT2D eigenvalue weighted by Gasteiger charge is 2.09. The van der Waals surface area contributed by atoms with Gasteiger partial charge in [-0.3, -0.25) is 4.79 Å². The van der Waals surface area contributed by atoms with Crippen LogP contribution in [0.2, 0.25) is 10.2 Å². The minimum atomic E-state index is -0.350. The van der Waals surface area contributed by atoms with E-state index in [2.05, 4.69) is 10.3 Å². The number of carbonyl (C=O) groups is 1. The lowest BCUT2D eigenvalue weighted by Gasteiger charge is -2.07. The summed E-state index contributed by atoms with van der Waals surface area (Å²) in [5.74, 6) is -0.648. The number of benzene rings is 1. The fourth-order valence-corrected chi connectivity index (χ4v) is 1.85. The van der Waals surface area contributed by atoms with Crippen molar-refractivity contribution in [3.05, 3.63) is 63.1 Å². The fourth-order valence-electron chi connectivity index (χ4n) is 1.58. The van der Waals surface area contributed by atoms with Crippen LogP contribution in [0.3, 0.4) is 0 Å². The molecule has 1 N–H and O–H groups in total. The van der Waals surface area contributed by atoms with Crippen LogP contribution in [0.1, 0.15) is 21.5 Å². The summed E-state index contributed by atoms with van der Waals surface area (Å²) in [5, 5.41) is 3.01. The topological polar surface area (TPSA) is 42.0 Å². The summed E-state index contributed by atoms with van der Waals surface area (Å²) >= 11 is 11.5. The summed E-state index contributed by atoms with van der Waals surface area (Å²) in [6.07, 6.45) is 1.33. The Hall–Kier alpha value is -1.65. The molecule has 0 saturated carbocycles. The molecule has 104 valence electrons. The monoisotopic (exact) mass is 312 g/mol. The van der Waals surface area contributed by atoms with Gasteiger partial charge in [-0.2, -0.15) is 0 Å². The van der Waals surface area contributed by atoms with Gasteiger partial charge >= 0.3 is 0 Å². The molecule has 2 aromatic rings. The summed E-state index contributed by atoms with van der Waals surface area (Å²) in [7, 11) is 0. The lowest BCUT2D eigenvalue weighted by atomic mass is 10.1. The Bertz CT molecular complexity index is 662. The van der Waals surface area contributed by atoms with Crippen LogP contribution in [0, 0.1) is 12.7 Å². The number of nitrogens with zero attached hydrogens (tertiary/aromatic N) is 1. The summed E-state index contributed by atoms with van der Waals surface area (Å²) in [6, 6.07) is 6.24. The highest BCUT2D eigenvalue weighted by atomic mass is 35.5. The maximum absolute atomic E-state index is 13.4. The first-order valence-electron chi connectivity index (χ1n) is 5.81. The van der Waals surface area contributed by atoms with Crippen LogP contribution in [-0.2, 0) is 6.54 Å². The third-order valence-electron chi connectivity index (χ3n) is 2.75. The summed E-state index contributed by atoms with van der Waals surface area (Å²) in [6.45, 7) is 1.90. The average Bonchev–Trinajstić information content (AvgIpc) is 2.43. The van der Waals surface area contributed by atoms with Gasteiger partial charge in [0.1, 0.15) is 11.0 Å². The average molecular weight is 313 g/mol. The van der Waals surface area contributed by atoms with Crippen LogP contribution in [0.15, 0.2) is 30.5 Å². The summed E-state index contributed by atoms with van der Waals surface area (Å²) in [4.78, 5) is 15.7. The number of amides is 1. The van der Waals surface area contributed by atoms with Crippen molar-refractivity contribution in [2.75, 3.05) is 0 Å². The van der Waals surface area contributed by atoms with Crippen molar-refractivity contribution < 1.29 is 9.18 Å². The van der Waals surface area contributed by atoms with Crippen LogP contribution in [0.5, 0.6) is 0 Å². The number of aryl methyl sites for hydroxylation is 1. The van der Waals surface area contributed by atoms with Crippen molar-refractivity contribution in [3.63, 3.8) is 0 Å². The van der Waals surface area contributed by atoms with E-state index in [1.165, 1.54) is 18.3 Å². The normalized spacial score (nSPS) is 10.4. The van der Waals surface area contributed by atoms with Crippen molar-refractivity contribution in [1.82, 2.24) is 10.3 Å². The van der Waals surface area contributed by atoms with Gasteiger partial charge in [0.2, 0.25) is 0 Å². The van der Waals surface area contributed by atoms with E-state index in [1.807, 2.05) is 0 Å². The van der Waals surface area contributed by atoms with Crippen LogP contribution in [0.4, 0.5) is 4.39 Å². The molecule has 1 amide bonds. The van der Waals surface area contributed by atoms with E-state index in [0.717, 1.165) is 0 Å². The van der Waals surface area contributed by atoms with E-state index in [4.69, 9.17) is 23.2 Å². The Morgan fingerprint density at radius 3 is 2.75 bits per heavy atom. The van der Waals surface area contributed by atoms with E-state index in [0.29, 0.717) is 16.7 Å². The van der Waals surface area contributed by atoms with E-state index in [9.17, 15) is 9.18 Å². The number of rotatable bonds is 3.